The molecule has 3 rings (SSSR count). The molecule has 0 fully saturated rings. The molecule has 0 saturated carbocycles. The first kappa shape index (κ1) is 25.2. The van der Waals surface area contributed by atoms with E-state index in [0.717, 1.165) is 16.7 Å². The normalized spacial score (nSPS) is 12.2. The Bertz CT molecular complexity index is 1270. The van der Waals surface area contributed by atoms with Gasteiger partial charge in [-0.05, 0) is 62.7 Å². The third-order valence-corrected chi connectivity index (χ3v) is 5.04. The largest absolute Gasteiger partial charge is 0.478 e. The molecule has 2 N–H and O–H groups in total. The second-order valence-electron chi connectivity index (χ2n) is 8.09. The number of hydrogen-bond acceptors (Lipinski definition) is 6. The van der Waals surface area contributed by atoms with E-state index in [2.05, 4.69) is 5.32 Å². The van der Waals surface area contributed by atoms with Crippen LogP contribution in [0.1, 0.15) is 37.4 Å². The summed E-state index contributed by atoms with van der Waals surface area (Å²) < 4.78 is 10.5. The number of nitrogens with one attached hydrogen (secondary N) is 1. The van der Waals surface area contributed by atoms with E-state index in [4.69, 9.17) is 9.47 Å². The number of carbonyl (C=O) groups excluding carboxylic acids is 3. The molecule has 0 aliphatic carbocycles. The van der Waals surface area contributed by atoms with E-state index >= 15 is 0 Å². The van der Waals surface area contributed by atoms with E-state index in [1.54, 1.807) is 56.3 Å². The summed E-state index contributed by atoms with van der Waals surface area (Å²) in [6.07, 6.45) is -4.06. The Kier molecular flexibility index (Phi) is 7.99. The van der Waals surface area contributed by atoms with Gasteiger partial charge in [0.25, 0.3) is 5.91 Å². The zero-order valence-corrected chi connectivity index (χ0v) is 19.5. The summed E-state index contributed by atoms with van der Waals surface area (Å²) in [4.78, 5) is 50.7. The Morgan fingerprint density at radius 1 is 0.686 bits per heavy atom. The first-order valence-corrected chi connectivity index (χ1v) is 10.8. The van der Waals surface area contributed by atoms with Crippen molar-refractivity contribution >= 4 is 29.5 Å². The van der Waals surface area contributed by atoms with E-state index < -0.39 is 36.0 Å². The minimum atomic E-state index is -2.10. The van der Waals surface area contributed by atoms with Crippen molar-refractivity contribution in [1.82, 2.24) is 0 Å². The minimum absolute atomic E-state index is 0.0964. The molecular formula is C27H25NO7. The zero-order valence-electron chi connectivity index (χ0n) is 19.5. The lowest BCUT2D eigenvalue weighted by atomic mass is 10.1. The lowest BCUT2D eigenvalue weighted by molar-refractivity contribution is -0.157. The summed E-state index contributed by atoms with van der Waals surface area (Å²) in [7, 11) is 0. The first-order valence-electron chi connectivity index (χ1n) is 10.8. The number of aliphatic carboxylic acids is 1. The van der Waals surface area contributed by atoms with Crippen LogP contribution in [0, 0.1) is 20.8 Å². The van der Waals surface area contributed by atoms with Gasteiger partial charge in [0.15, 0.2) is 0 Å². The molecule has 0 aliphatic rings. The molecule has 0 aliphatic heterocycles. The number of anilines is 1. The number of ether oxygens (including phenoxy) is 2. The standard InChI is InChI=1S/C27H25NO7/c1-16-7-4-10-19(13-16)26(32)34-22(24(29)28-21-12-6-9-18(3)15-21)23(25(30)31)35-27(33)20-11-5-8-17(2)14-20/h4-15,22-23H,1-3H3,(H,28,29)(H,30,31)/t22-,23-/m1/s1. The highest BCUT2D eigenvalue weighted by molar-refractivity contribution is 6.01. The molecule has 0 saturated heterocycles. The van der Waals surface area contributed by atoms with Gasteiger partial charge < -0.3 is 19.9 Å². The van der Waals surface area contributed by atoms with E-state index in [9.17, 15) is 24.3 Å². The molecule has 2 atom stereocenters. The zero-order chi connectivity index (χ0) is 25.5. The van der Waals surface area contributed by atoms with Gasteiger partial charge in [-0.1, -0.05) is 47.5 Å². The van der Waals surface area contributed by atoms with Crippen LogP contribution in [0.15, 0.2) is 72.8 Å². The monoisotopic (exact) mass is 475 g/mol. The topological polar surface area (TPSA) is 119 Å². The van der Waals surface area contributed by atoms with Crippen molar-refractivity contribution in [3.8, 4) is 0 Å². The summed E-state index contributed by atoms with van der Waals surface area (Å²) in [5, 5.41) is 12.4. The fraction of sp³-hybridized carbons (Fsp3) is 0.185. The van der Waals surface area contributed by atoms with E-state index in [-0.39, 0.29) is 11.1 Å². The average molecular weight is 475 g/mol. The number of carboxylic acid groups (broad SMARTS) is 1. The van der Waals surface area contributed by atoms with Gasteiger partial charge in [0.05, 0.1) is 11.1 Å². The predicted molar refractivity (Wildman–Crippen MR) is 128 cm³/mol. The van der Waals surface area contributed by atoms with Gasteiger partial charge in [-0.3, -0.25) is 4.79 Å². The molecule has 8 nitrogen and oxygen atoms in total. The number of rotatable bonds is 8. The molecule has 1 amide bonds. The third-order valence-electron chi connectivity index (χ3n) is 5.04. The molecule has 0 aromatic heterocycles. The maximum Gasteiger partial charge on any atom is 0.349 e. The quantitative estimate of drug-likeness (QED) is 0.471. The Morgan fingerprint density at radius 3 is 1.60 bits per heavy atom. The Balaban J connectivity index is 1.92. The number of esters is 2. The van der Waals surface area contributed by atoms with Crippen molar-refractivity contribution < 1.29 is 33.8 Å². The van der Waals surface area contributed by atoms with Crippen LogP contribution < -0.4 is 5.32 Å². The summed E-state index contributed by atoms with van der Waals surface area (Å²) >= 11 is 0. The molecule has 8 heteroatoms. The maximum absolute atomic E-state index is 13.1. The highest BCUT2D eigenvalue weighted by Gasteiger charge is 2.41. The Labute approximate surface area is 202 Å². The van der Waals surface area contributed by atoms with E-state index in [0.29, 0.717) is 5.69 Å². The van der Waals surface area contributed by atoms with Gasteiger partial charge in [0.1, 0.15) is 0 Å². The van der Waals surface area contributed by atoms with Gasteiger partial charge in [-0.25, -0.2) is 14.4 Å². The number of hydrogen-bond donors (Lipinski definition) is 2. The van der Waals surface area contributed by atoms with Crippen LogP contribution in [0.25, 0.3) is 0 Å². The number of carboxylic acids is 1. The minimum Gasteiger partial charge on any atom is -0.478 e. The molecule has 0 unspecified atom stereocenters. The van der Waals surface area contributed by atoms with E-state index in [1.165, 1.54) is 24.3 Å². The maximum atomic E-state index is 13.1. The Hall–Kier alpha value is -4.46. The second kappa shape index (κ2) is 11.1. The number of carbonyl (C=O) groups is 4. The fourth-order valence-corrected chi connectivity index (χ4v) is 3.34. The molecular weight excluding hydrogens is 450 g/mol. The molecule has 180 valence electrons. The Morgan fingerprint density at radius 2 is 1.14 bits per heavy atom. The van der Waals surface area contributed by atoms with Gasteiger partial charge in [-0.2, -0.15) is 0 Å². The molecule has 3 aromatic carbocycles. The summed E-state index contributed by atoms with van der Waals surface area (Å²) in [5.74, 6) is -4.51. The van der Waals surface area contributed by atoms with Gasteiger partial charge in [0, 0.05) is 5.69 Å². The fourth-order valence-electron chi connectivity index (χ4n) is 3.34. The lowest BCUT2D eigenvalue weighted by Gasteiger charge is -2.23. The lowest BCUT2D eigenvalue weighted by Crippen LogP contribution is -2.48. The van der Waals surface area contributed by atoms with Crippen molar-refractivity contribution in [3.05, 3.63) is 101 Å². The van der Waals surface area contributed by atoms with Crippen molar-refractivity contribution in [3.63, 3.8) is 0 Å². The highest BCUT2D eigenvalue weighted by Crippen LogP contribution is 2.17. The predicted octanol–water partition coefficient (Wildman–Crippen LogP) is 4.09. The second-order valence-corrected chi connectivity index (χ2v) is 8.09. The van der Waals surface area contributed by atoms with Gasteiger partial charge >= 0.3 is 17.9 Å². The van der Waals surface area contributed by atoms with Crippen LogP contribution in [0.5, 0.6) is 0 Å². The van der Waals surface area contributed by atoms with Gasteiger partial charge in [0.2, 0.25) is 12.2 Å². The number of aryl methyl sites for hydroxylation is 3. The average Bonchev–Trinajstić information content (AvgIpc) is 2.80. The molecule has 0 heterocycles. The van der Waals surface area contributed by atoms with Crippen LogP contribution in [-0.2, 0) is 19.1 Å². The van der Waals surface area contributed by atoms with Crippen LogP contribution in [-0.4, -0.2) is 41.1 Å². The number of amides is 1. The summed E-state index contributed by atoms with van der Waals surface area (Å²) in [6.45, 7) is 5.34. The van der Waals surface area contributed by atoms with Crippen LogP contribution in [0.3, 0.4) is 0 Å². The van der Waals surface area contributed by atoms with Crippen LogP contribution in [0.2, 0.25) is 0 Å². The van der Waals surface area contributed by atoms with E-state index in [1.807, 2.05) is 13.0 Å². The summed E-state index contributed by atoms with van der Waals surface area (Å²) in [5.41, 5.74) is 2.94. The SMILES string of the molecule is Cc1cccc(NC(=O)[C@H](OC(=O)c2cccc(C)c2)[C@@H](OC(=O)c2cccc(C)c2)C(=O)O)c1. The van der Waals surface area contributed by atoms with Crippen molar-refractivity contribution in [2.24, 2.45) is 0 Å². The number of benzene rings is 3. The summed E-state index contributed by atoms with van der Waals surface area (Å²) in [6, 6.07) is 19.5. The van der Waals surface area contributed by atoms with Crippen molar-refractivity contribution in [2.45, 2.75) is 33.0 Å². The molecule has 3 aromatic rings. The molecule has 0 radical (unpaired) electrons. The van der Waals surface area contributed by atoms with Crippen LogP contribution >= 0.6 is 0 Å². The third kappa shape index (κ3) is 6.77. The first-order chi connectivity index (χ1) is 16.6. The molecule has 35 heavy (non-hydrogen) atoms. The van der Waals surface area contributed by atoms with Crippen LogP contribution in [0.4, 0.5) is 5.69 Å². The van der Waals surface area contributed by atoms with Crippen molar-refractivity contribution in [1.29, 1.82) is 0 Å². The van der Waals surface area contributed by atoms with Crippen molar-refractivity contribution in [2.75, 3.05) is 5.32 Å². The smallest absolute Gasteiger partial charge is 0.349 e. The van der Waals surface area contributed by atoms with Gasteiger partial charge in [-0.15, -0.1) is 0 Å². The molecule has 0 bridgehead atoms. The molecule has 0 spiro atoms. The highest BCUT2D eigenvalue weighted by atomic mass is 16.6.